The van der Waals surface area contributed by atoms with E-state index in [2.05, 4.69) is 11.2 Å². The maximum Gasteiger partial charge on any atom is 0.306 e. The number of nitrogens with one attached hydrogen (secondary N) is 1. The Labute approximate surface area is 111 Å². The largest absolute Gasteiger partial charge is 0.456 e. The number of aryl methyl sites for hydroxylation is 1. The molecule has 1 aromatic carbocycles. The minimum Gasteiger partial charge on any atom is -0.456 e. The second kappa shape index (κ2) is 7.88. The molecule has 1 amide bonds. The van der Waals surface area contributed by atoms with Gasteiger partial charge in [-0.25, -0.2) is 4.39 Å². The highest BCUT2D eigenvalue weighted by molar-refractivity contribution is 5.80. The summed E-state index contributed by atoms with van der Waals surface area (Å²) in [6, 6.07) is 5.85. The topological polar surface area (TPSA) is 55.4 Å². The van der Waals surface area contributed by atoms with Gasteiger partial charge in [0.05, 0.1) is 6.54 Å². The van der Waals surface area contributed by atoms with Crippen LogP contribution in [-0.2, 0) is 20.7 Å². The molecule has 0 fully saturated rings. The SMILES string of the molecule is C#CCNC(=O)COC(=O)CCc1ccc(F)cc1. The second-order valence-electron chi connectivity index (χ2n) is 3.77. The van der Waals surface area contributed by atoms with E-state index in [0.29, 0.717) is 6.42 Å². The highest BCUT2D eigenvalue weighted by Gasteiger charge is 2.07. The average molecular weight is 263 g/mol. The lowest BCUT2D eigenvalue weighted by Crippen LogP contribution is -2.29. The van der Waals surface area contributed by atoms with Crippen molar-refractivity contribution in [1.82, 2.24) is 5.32 Å². The number of carbonyl (C=O) groups excluding carboxylic acids is 2. The molecule has 100 valence electrons. The van der Waals surface area contributed by atoms with Crippen LogP contribution >= 0.6 is 0 Å². The van der Waals surface area contributed by atoms with Gasteiger partial charge >= 0.3 is 5.97 Å². The van der Waals surface area contributed by atoms with Crippen LogP contribution in [0.3, 0.4) is 0 Å². The van der Waals surface area contributed by atoms with E-state index in [9.17, 15) is 14.0 Å². The quantitative estimate of drug-likeness (QED) is 0.616. The van der Waals surface area contributed by atoms with Crippen molar-refractivity contribution in [2.75, 3.05) is 13.2 Å². The molecule has 0 aromatic heterocycles. The van der Waals surface area contributed by atoms with Crippen LogP contribution in [0.5, 0.6) is 0 Å². The number of hydrogen-bond acceptors (Lipinski definition) is 3. The van der Waals surface area contributed by atoms with Crippen molar-refractivity contribution in [2.45, 2.75) is 12.8 Å². The number of ether oxygens (including phenoxy) is 1. The number of carbonyl (C=O) groups is 2. The standard InChI is InChI=1S/C14H14FNO3/c1-2-9-16-13(17)10-19-14(18)8-5-11-3-6-12(15)7-4-11/h1,3-4,6-7H,5,8-10H2,(H,16,17). The van der Waals surface area contributed by atoms with Crippen LogP contribution in [-0.4, -0.2) is 25.0 Å². The summed E-state index contributed by atoms with van der Waals surface area (Å²) in [5, 5.41) is 2.37. The predicted molar refractivity (Wildman–Crippen MR) is 67.5 cm³/mol. The monoisotopic (exact) mass is 263 g/mol. The Hall–Kier alpha value is -2.35. The van der Waals surface area contributed by atoms with Gasteiger partial charge in [0.25, 0.3) is 5.91 Å². The Balaban J connectivity index is 2.23. The van der Waals surface area contributed by atoms with Crippen LogP contribution in [0.2, 0.25) is 0 Å². The lowest BCUT2D eigenvalue weighted by atomic mass is 10.1. The summed E-state index contributed by atoms with van der Waals surface area (Å²) in [5.41, 5.74) is 0.829. The number of esters is 1. The summed E-state index contributed by atoms with van der Waals surface area (Å²) in [6.07, 6.45) is 5.52. The van der Waals surface area contributed by atoms with E-state index in [-0.39, 0.29) is 25.4 Å². The lowest BCUT2D eigenvalue weighted by Gasteiger charge is -2.04. The van der Waals surface area contributed by atoms with E-state index in [1.807, 2.05) is 0 Å². The fourth-order valence-corrected chi connectivity index (χ4v) is 1.32. The molecular formula is C14H14FNO3. The number of terminal acetylenes is 1. The Kier molecular flexibility index (Phi) is 6.10. The minimum absolute atomic E-state index is 0.103. The molecule has 0 aliphatic rings. The summed E-state index contributed by atoms with van der Waals surface area (Å²) in [7, 11) is 0. The Morgan fingerprint density at radius 1 is 1.32 bits per heavy atom. The molecule has 0 atom stereocenters. The van der Waals surface area contributed by atoms with Gasteiger partial charge < -0.3 is 10.1 Å². The van der Waals surface area contributed by atoms with Crippen LogP contribution in [0, 0.1) is 18.2 Å². The van der Waals surface area contributed by atoms with Gasteiger partial charge in [-0.15, -0.1) is 6.42 Å². The van der Waals surface area contributed by atoms with E-state index < -0.39 is 11.9 Å². The van der Waals surface area contributed by atoms with Crippen molar-refractivity contribution in [3.05, 3.63) is 35.6 Å². The van der Waals surface area contributed by atoms with Crippen molar-refractivity contribution in [3.63, 3.8) is 0 Å². The molecule has 0 heterocycles. The van der Waals surface area contributed by atoms with Crippen LogP contribution in [0.25, 0.3) is 0 Å². The first-order chi connectivity index (χ1) is 9.11. The fourth-order valence-electron chi connectivity index (χ4n) is 1.32. The van der Waals surface area contributed by atoms with Crippen molar-refractivity contribution in [2.24, 2.45) is 0 Å². The minimum atomic E-state index is -0.486. The van der Waals surface area contributed by atoms with Gasteiger partial charge in [0, 0.05) is 6.42 Å². The van der Waals surface area contributed by atoms with Gasteiger partial charge in [-0.05, 0) is 24.1 Å². The van der Waals surface area contributed by atoms with E-state index in [1.54, 1.807) is 12.1 Å². The van der Waals surface area contributed by atoms with E-state index in [4.69, 9.17) is 11.2 Å². The first kappa shape index (κ1) is 14.7. The van der Waals surface area contributed by atoms with Gasteiger partial charge in [-0.2, -0.15) is 0 Å². The smallest absolute Gasteiger partial charge is 0.306 e. The molecule has 0 unspecified atom stereocenters. The number of benzene rings is 1. The van der Waals surface area contributed by atoms with Gasteiger partial charge in [-0.1, -0.05) is 18.1 Å². The van der Waals surface area contributed by atoms with Crippen molar-refractivity contribution in [3.8, 4) is 12.3 Å². The summed E-state index contributed by atoms with van der Waals surface area (Å²) in [4.78, 5) is 22.4. The zero-order valence-corrected chi connectivity index (χ0v) is 10.3. The second-order valence-corrected chi connectivity index (χ2v) is 3.77. The predicted octanol–water partition coefficient (Wildman–Crippen LogP) is 1.05. The van der Waals surface area contributed by atoms with Gasteiger partial charge in [-0.3, -0.25) is 9.59 Å². The molecule has 0 aliphatic carbocycles. The Morgan fingerprint density at radius 3 is 2.63 bits per heavy atom. The van der Waals surface area contributed by atoms with E-state index >= 15 is 0 Å². The molecule has 4 nitrogen and oxygen atoms in total. The zero-order valence-electron chi connectivity index (χ0n) is 10.3. The molecule has 0 saturated carbocycles. The van der Waals surface area contributed by atoms with E-state index in [0.717, 1.165) is 5.56 Å². The highest BCUT2D eigenvalue weighted by Crippen LogP contribution is 2.05. The maximum atomic E-state index is 12.6. The Bertz CT molecular complexity index is 476. The third-order valence-electron chi connectivity index (χ3n) is 2.28. The zero-order chi connectivity index (χ0) is 14.1. The van der Waals surface area contributed by atoms with Crippen molar-refractivity contribution in [1.29, 1.82) is 0 Å². The Morgan fingerprint density at radius 2 is 2.00 bits per heavy atom. The third-order valence-corrected chi connectivity index (χ3v) is 2.28. The van der Waals surface area contributed by atoms with Crippen LogP contribution in [0.1, 0.15) is 12.0 Å². The number of amides is 1. The molecule has 0 aliphatic heterocycles. The number of halogens is 1. The number of hydrogen-bond donors (Lipinski definition) is 1. The normalized spacial score (nSPS) is 9.47. The summed E-state index contributed by atoms with van der Waals surface area (Å²) >= 11 is 0. The fraction of sp³-hybridized carbons (Fsp3) is 0.286. The molecule has 1 N–H and O–H groups in total. The van der Waals surface area contributed by atoms with Gasteiger partial charge in [0.1, 0.15) is 5.82 Å². The molecule has 1 rings (SSSR count). The van der Waals surface area contributed by atoms with Gasteiger partial charge in [0.15, 0.2) is 6.61 Å². The molecule has 19 heavy (non-hydrogen) atoms. The first-order valence-corrected chi connectivity index (χ1v) is 5.72. The molecule has 0 bridgehead atoms. The molecule has 0 spiro atoms. The molecule has 0 saturated heterocycles. The van der Waals surface area contributed by atoms with Crippen LogP contribution in [0.15, 0.2) is 24.3 Å². The lowest BCUT2D eigenvalue weighted by molar-refractivity contribution is -0.148. The number of rotatable bonds is 6. The highest BCUT2D eigenvalue weighted by atomic mass is 19.1. The molecule has 1 aromatic rings. The van der Waals surface area contributed by atoms with Crippen LogP contribution < -0.4 is 5.32 Å². The van der Waals surface area contributed by atoms with E-state index in [1.165, 1.54) is 12.1 Å². The van der Waals surface area contributed by atoms with Gasteiger partial charge in [0.2, 0.25) is 0 Å². The average Bonchev–Trinajstić information content (AvgIpc) is 2.42. The summed E-state index contributed by atoms with van der Waals surface area (Å²) in [5.74, 6) is 0.989. The molecule has 0 radical (unpaired) electrons. The first-order valence-electron chi connectivity index (χ1n) is 5.72. The maximum absolute atomic E-state index is 12.6. The molecule has 5 heteroatoms. The third kappa shape index (κ3) is 6.22. The summed E-state index contributed by atoms with van der Waals surface area (Å²) in [6.45, 7) is -0.240. The van der Waals surface area contributed by atoms with Crippen molar-refractivity contribution < 1.29 is 18.7 Å². The van der Waals surface area contributed by atoms with Crippen LogP contribution in [0.4, 0.5) is 4.39 Å². The summed E-state index contributed by atoms with van der Waals surface area (Å²) < 4.78 is 17.4. The molecular weight excluding hydrogens is 249 g/mol. The van der Waals surface area contributed by atoms with Crippen molar-refractivity contribution >= 4 is 11.9 Å².